The maximum absolute atomic E-state index is 5.79. The summed E-state index contributed by atoms with van der Waals surface area (Å²) in [4.78, 5) is 4.23. The van der Waals surface area contributed by atoms with Crippen LogP contribution in [0, 0.1) is 0 Å². The number of nitrogens with zero attached hydrogens (tertiary/aromatic N) is 1. The van der Waals surface area contributed by atoms with Crippen molar-refractivity contribution in [2.24, 2.45) is 0 Å². The maximum Gasteiger partial charge on any atom is 0.219 e. The third-order valence-corrected chi connectivity index (χ3v) is 3.91. The maximum atomic E-state index is 5.79. The zero-order chi connectivity index (χ0) is 13.8. The molecule has 19 heavy (non-hydrogen) atoms. The van der Waals surface area contributed by atoms with Crippen molar-refractivity contribution in [1.82, 2.24) is 10.3 Å². The van der Waals surface area contributed by atoms with Crippen LogP contribution < -0.4 is 10.1 Å². The highest BCUT2D eigenvalue weighted by Crippen LogP contribution is 2.31. The highest BCUT2D eigenvalue weighted by Gasteiger charge is 2.07. The normalized spacial score (nSPS) is 12.2. The molecule has 0 radical (unpaired) electrons. The van der Waals surface area contributed by atoms with Crippen LogP contribution in [0.4, 0.5) is 0 Å². The number of hydrogen-bond donors (Lipinski definition) is 1. The number of rotatable bonds is 4. The topological polar surface area (TPSA) is 34.2 Å². The van der Waals surface area contributed by atoms with Gasteiger partial charge in [-0.05, 0) is 59.7 Å². The first-order valence-electron chi connectivity index (χ1n) is 5.86. The van der Waals surface area contributed by atoms with Gasteiger partial charge in [-0.1, -0.05) is 15.9 Å². The highest BCUT2D eigenvalue weighted by atomic mass is 79.9. The number of hydrogen-bond acceptors (Lipinski definition) is 3. The predicted octanol–water partition coefficient (Wildman–Crippen LogP) is 4.68. The first-order chi connectivity index (χ1) is 9.10. The number of halogens is 2. The van der Waals surface area contributed by atoms with Crippen LogP contribution in [0.5, 0.6) is 11.6 Å². The van der Waals surface area contributed by atoms with Crippen molar-refractivity contribution < 1.29 is 4.74 Å². The first kappa shape index (κ1) is 14.5. The molecule has 1 heterocycles. The molecular weight excluding hydrogens is 372 g/mol. The van der Waals surface area contributed by atoms with E-state index >= 15 is 0 Å². The molecule has 1 aromatic heterocycles. The van der Waals surface area contributed by atoms with Gasteiger partial charge in [0, 0.05) is 22.8 Å². The van der Waals surface area contributed by atoms with Crippen molar-refractivity contribution in [3.8, 4) is 11.6 Å². The van der Waals surface area contributed by atoms with Crippen LogP contribution in [-0.4, -0.2) is 12.0 Å². The fourth-order valence-electron chi connectivity index (χ4n) is 1.59. The second kappa shape index (κ2) is 6.50. The molecule has 1 atom stereocenters. The van der Waals surface area contributed by atoms with Crippen molar-refractivity contribution >= 4 is 31.9 Å². The molecule has 2 aromatic rings. The first-order valence-corrected chi connectivity index (χ1v) is 7.45. The van der Waals surface area contributed by atoms with Crippen molar-refractivity contribution in [1.29, 1.82) is 0 Å². The monoisotopic (exact) mass is 384 g/mol. The van der Waals surface area contributed by atoms with E-state index in [1.54, 1.807) is 6.20 Å². The molecule has 0 spiro atoms. The fraction of sp³-hybridized carbons (Fsp3) is 0.214. The van der Waals surface area contributed by atoms with Crippen LogP contribution >= 0.6 is 31.9 Å². The minimum absolute atomic E-state index is 0.263. The van der Waals surface area contributed by atoms with Gasteiger partial charge in [0.15, 0.2) is 0 Å². The molecule has 0 amide bonds. The van der Waals surface area contributed by atoms with E-state index in [9.17, 15) is 0 Å². The summed E-state index contributed by atoms with van der Waals surface area (Å²) in [6.45, 7) is 2.09. The molecule has 1 aromatic carbocycles. The van der Waals surface area contributed by atoms with Crippen LogP contribution in [0.25, 0.3) is 0 Å². The highest BCUT2D eigenvalue weighted by molar-refractivity contribution is 9.11. The number of ether oxygens (including phenoxy) is 1. The number of aromatic nitrogens is 1. The van der Waals surface area contributed by atoms with Crippen LogP contribution in [0.3, 0.4) is 0 Å². The molecule has 0 saturated heterocycles. The van der Waals surface area contributed by atoms with Gasteiger partial charge in [-0.25, -0.2) is 4.98 Å². The SMILES string of the molecule is CNC(C)c1ccnc(Oc2ccc(Br)cc2Br)c1. The Morgan fingerprint density at radius 1 is 1.21 bits per heavy atom. The number of pyridine rings is 1. The van der Waals surface area contributed by atoms with Gasteiger partial charge in [-0.3, -0.25) is 0 Å². The van der Waals surface area contributed by atoms with Crippen molar-refractivity contribution in [3.63, 3.8) is 0 Å². The third kappa shape index (κ3) is 3.78. The lowest BCUT2D eigenvalue weighted by Crippen LogP contribution is -2.12. The molecule has 100 valence electrons. The minimum Gasteiger partial charge on any atom is -0.438 e. The van der Waals surface area contributed by atoms with E-state index in [1.165, 1.54) is 0 Å². The zero-order valence-electron chi connectivity index (χ0n) is 10.7. The lowest BCUT2D eigenvalue weighted by Gasteiger charge is -2.12. The van der Waals surface area contributed by atoms with Gasteiger partial charge in [0.1, 0.15) is 5.75 Å². The van der Waals surface area contributed by atoms with Crippen LogP contribution in [-0.2, 0) is 0 Å². The Bertz CT molecular complexity index is 575. The summed E-state index contributed by atoms with van der Waals surface area (Å²) < 4.78 is 7.68. The smallest absolute Gasteiger partial charge is 0.219 e. The molecule has 0 bridgehead atoms. The second-order valence-electron chi connectivity index (χ2n) is 4.11. The van der Waals surface area contributed by atoms with E-state index in [0.717, 1.165) is 20.3 Å². The Kier molecular flexibility index (Phi) is 4.96. The Balaban J connectivity index is 2.23. The third-order valence-electron chi connectivity index (χ3n) is 2.80. The van der Waals surface area contributed by atoms with Crippen molar-refractivity contribution in [3.05, 3.63) is 51.0 Å². The molecule has 0 saturated carbocycles. The average Bonchev–Trinajstić information content (AvgIpc) is 2.41. The summed E-state index contributed by atoms with van der Waals surface area (Å²) in [6.07, 6.45) is 1.76. The van der Waals surface area contributed by atoms with Crippen molar-refractivity contribution in [2.75, 3.05) is 7.05 Å². The molecule has 0 aliphatic rings. The van der Waals surface area contributed by atoms with E-state index in [-0.39, 0.29) is 6.04 Å². The van der Waals surface area contributed by atoms with E-state index < -0.39 is 0 Å². The molecule has 1 N–H and O–H groups in total. The lowest BCUT2D eigenvalue weighted by atomic mass is 10.1. The Labute approximate surface area is 129 Å². The lowest BCUT2D eigenvalue weighted by molar-refractivity contribution is 0.458. The van der Waals surface area contributed by atoms with Crippen LogP contribution in [0.1, 0.15) is 18.5 Å². The molecule has 1 unspecified atom stereocenters. The summed E-state index contributed by atoms with van der Waals surface area (Å²) in [6, 6.07) is 9.94. The molecule has 3 nitrogen and oxygen atoms in total. The summed E-state index contributed by atoms with van der Waals surface area (Å²) in [5.74, 6) is 1.33. The summed E-state index contributed by atoms with van der Waals surface area (Å²) in [5, 5.41) is 3.19. The number of nitrogens with one attached hydrogen (secondary N) is 1. The second-order valence-corrected chi connectivity index (χ2v) is 5.88. The van der Waals surface area contributed by atoms with Gasteiger partial charge in [0.2, 0.25) is 5.88 Å². The number of benzene rings is 1. The fourth-order valence-corrected chi connectivity index (χ4v) is 2.72. The van der Waals surface area contributed by atoms with Gasteiger partial charge in [-0.15, -0.1) is 0 Å². The Morgan fingerprint density at radius 2 is 2.00 bits per heavy atom. The van der Waals surface area contributed by atoms with Crippen LogP contribution in [0.2, 0.25) is 0 Å². The standard InChI is InChI=1S/C14H14Br2N2O/c1-9(17-2)10-5-6-18-14(7-10)19-13-4-3-11(15)8-12(13)16/h3-9,17H,1-2H3. The van der Waals surface area contributed by atoms with Gasteiger partial charge in [0.05, 0.1) is 4.47 Å². The van der Waals surface area contributed by atoms with Crippen LogP contribution in [0.15, 0.2) is 45.5 Å². The molecular formula is C14H14Br2N2O. The van der Waals surface area contributed by atoms with E-state index in [4.69, 9.17) is 4.74 Å². The van der Waals surface area contributed by atoms with Crippen molar-refractivity contribution in [2.45, 2.75) is 13.0 Å². The molecule has 0 aliphatic heterocycles. The zero-order valence-corrected chi connectivity index (χ0v) is 13.8. The Morgan fingerprint density at radius 3 is 2.68 bits per heavy atom. The molecule has 5 heteroatoms. The quantitative estimate of drug-likeness (QED) is 0.829. The molecule has 2 rings (SSSR count). The Hall–Kier alpha value is -0.910. The van der Waals surface area contributed by atoms with Gasteiger partial charge in [-0.2, -0.15) is 0 Å². The largest absolute Gasteiger partial charge is 0.438 e. The summed E-state index contributed by atoms with van der Waals surface area (Å²) >= 11 is 6.88. The van der Waals surface area contributed by atoms with Gasteiger partial charge in [0.25, 0.3) is 0 Å². The van der Waals surface area contributed by atoms with E-state index in [2.05, 4.69) is 49.1 Å². The summed E-state index contributed by atoms with van der Waals surface area (Å²) in [5.41, 5.74) is 1.14. The van der Waals surface area contributed by atoms with E-state index in [0.29, 0.717) is 5.88 Å². The summed E-state index contributed by atoms with van der Waals surface area (Å²) in [7, 11) is 1.93. The molecule has 0 fully saturated rings. The average molecular weight is 386 g/mol. The predicted molar refractivity (Wildman–Crippen MR) is 83.6 cm³/mol. The van der Waals surface area contributed by atoms with Gasteiger partial charge >= 0.3 is 0 Å². The molecule has 0 aliphatic carbocycles. The van der Waals surface area contributed by atoms with Gasteiger partial charge < -0.3 is 10.1 Å². The minimum atomic E-state index is 0.263. The van der Waals surface area contributed by atoms with E-state index in [1.807, 2.05) is 37.4 Å².